The van der Waals surface area contributed by atoms with E-state index >= 15 is 0 Å². The standard InChI is InChI=1S/C11H23N3S.HI/c1-15-9-5-3-2-4-8-13-11(12)14-10-6-7-10;/h10H,2-9H2,1H3,(H3,12,13,14);1H. The Morgan fingerprint density at radius 1 is 1.31 bits per heavy atom. The molecule has 0 amide bonds. The Morgan fingerprint density at radius 2 is 2.00 bits per heavy atom. The van der Waals surface area contributed by atoms with E-state index in [0.717, 1.165) is 6.54 Å². The van der Waals surface area contributed by atoms with Crippen molar-refractivity contribution in [1.82, 2.24) is 5.32 Å². The summed E-state index contributed by atoms with van der Waals surface area (Å²) in [4.78, 5) is 4.30. The van der Waals surface area contributed by atoms with Crippen molar-refractivity contribution in [2.45, 2.75) is 44.6 Å². The van der Waals surface area contributed by atoms with Crippen molar-refractivity contribution in [3.05, 3.63) is 0 Å². The summed E-state index contributed by atoms with van der Waals surface area (Å²) in [6, 6.07) is 0.621. The van der Waals surface area contributed by atoms with Crippen molar-refractivity contribution < 1.29 is 0 Å². The monoisotopic (exact) mass is 357 g/mol. The Labute approximate surface area is 120 Å². The number of aliphatic imine (C=N–C) groups is 1. The molecule has 3 N–H and O–H groups in total. The summed E-state index contributed by atoms with van der Waals surface area (Å²) in [6.07, 6.45) is 9.78. The van der Waals surface area contributed by atoms with Crippen molar-refractivity contribution in [2.75, 3.05) is 18.6 Å². The van der Waals surface area contributed by atoms with Crippen molar-refractivity contribution in [3.8, 4) is 0 Å². The van der Waals surface area contributed by atoms with Gasteiger partial charge in [0, 0.05) is 12.6 Å². The molecule has 0 bridgehead atoms. The molecule has 0 spiro atoms. The SMILES string of the molecule is CSCCCCCCN=C(N)NC1CC1.I. The molecule has 0 heterocycles. The van der Waals surface area contributed by atoms with E-state index in [0.29, 0.717) is 12.0 Å². The van der Waals surface area contributed by atoms with Gasteiger partial charge in [0.15, 0.2) is 5.96 Å². The quantitative estimate of drug-likeness (QED) is 0.304. The maximum absolute atomic E-state index is 5.71. The maximum atomic E-state index is 5.71. The zero-order valence-corrected chi connectivity index (χ0v) is 13.2. The van der Waals surface area contributed by atoms with Gasteiger partial charge in [-0.25, -0.2) is 0 Å². The summed E-state index contributed by atoms with van der Waals surface area (Å²) >= 11 is 1.93. The van der Waals surface area contributed by atoms with E-state index < -0.39 is 0 Å². The number of nitrogens with one attached hydrogen (secondary N) is 1. The highest BCUT2D eigenvalue weighted by Gasteiger charge is 2.21. The molecule has 0 aromatic rings. The summed E-state index contributed by atoms with van der Waals surface area (Å²) < 4.78 is 0. The first-order chi connectivity index (χ1) is 7.33. The number of thioether (sulfide) groups is 1. The molecule has 0 aromatic heterocycles. The van der Waals surface area contributed by atoms with Gasteiger partial charge in [0.05, 0.1) is 0 Å². The lowest BCUT2D eigenvalue weighted by molar-refractivity contribution is 0.676. The Hall–Kier alpha value is 0.350. The van der Waals surface area contributed by atoms with Crippen LogP contribution in [0.4, 0.5) is 0 Å². The highest BCUT2D eigenvalue weighted by molar-refractivity contribution is 14.0. The number of nitrogens with two attached hydrogens (primary N) is 1. The van der Waals surface area contributed by atoms with E-state index in [4.69, 9.17) is 5.73 Å². The molecule has 5 heteroatoms. The molecule has 96 valence electrons. The number of hydrogen-bond donors (Lipinski definition) is 2. The molecule has 3 nitrogen and oxygen atoms in total. The third-order valence-electron chi connectivity index (χ3n) is 2.47. The molecule has 0 radical (unpaired) electrons. The van der Waals surface area contributed by atoms with Crippen molar-refractivity contribution in [3.63, 3.8) is 0 Å². The van der Waals surface area contributed by atoms with E-state index in [-0.39, 0.29) is 24.0 Å². The van der Waals surface area contributed by atoms with E-state index in [1.807, 2.05) is 11.8 Å². The lowest BCUT2D eigenvalue weighted by Gasteiger charge is -2.02. The molecule has 0 aliphatic heterocycles. The molecule has 0 saturated heterocycles. The van der Waals surface area contributed by atoms with Crippen LogP contribution in [0.5, 0.6) is 0 Å². The molecule has 1 fully saturated rings. The van der Waals surface area contributed by atoms with Gasteiger partial charge >= 0.3 is 0 Å². The van der Waals surface area contributed by atoms with Gasteiger partial charge in [0.25, 0.3) is 0 Å². The van der Waals surface area contributed by atoms with Gasteiger partial charge in [-0.1, -0.05) is 12.8 Å². The minimum absolute atomic E-state index is 0. The second-order valence-corrected chi connectivity index (χ2v) is 5.08. The van der Waals surface area contributed by atoms with Crippen LogP contribution in [0.25, 0.3) is 0 Å². The summed E-state index contributed by atoms with van der Waals surface area (Å²) in [6.45, 7) is 0.880. The Balaban J connectivity index is 0.00000225. The van der Waals surface area contributed by atoms with Crippen LogP contribution in [0.15, 0.2) is 4.99 Å². The summed E-state index contributed by atoms with van der Waals surface area (Å²) in [7, 11) is 0. The second-order valence-electron chi connectivity index (χ2n) is 4.09. The number of rotatable bonds is 8. The van der Waals surface area contributed by atoms with Crippen LogP contribution < -0.4 is 11.1 Å². The fourth-order valence-electron chi connectivity index (χ4n) is 1.39. The van der Waals surface area contributed by atoms with E-state index in [1.165, 1.54) is 44.3 Å². The van der Waals surface area contributed by atoms with Gasteiger partial charge < -0.3 is 11.1 Å². The topological polar surface area (TPSA) is 50.4 Å². The highest BCUT2D eigenvalue weighted by atomic mass is 127. The van der Waals surface area contributed by atoms with Gasteiger partial charge in [0.2, 0.25) is 0 Å². The maximum Gasteiger partial charge on any atom is 0.188 e. The molecule has 1 rings (SSSR count). The first-order valence-corrected chi connectivity index (χ1v) is 7.27. The summed E-state index contributed by atoms with van der Waals surface area (Å²) in [5.74, 6) is 1.93. The number of unbranched alkanes of at least 4 members (excludes halogenated alkanes) is 3. The van der Waals surface area contributed by atoms with Crippen LogP contribution in [0, 0.1) is 0 Å². The minimum atomic E-state index is 0. The first-order valence-electron chi connectivity index (χ1n) is 5.88. The number of guanidine groups is 1. The smallest absolute Gasteiger partial charge is 0.188 e. The molecule has 1 aliphatic rings. The molecule has 0 atom stereocenters. The molecule has 1 saturated carbocycles. The van der Waals surface area contributed by atoms with Crippen LogP contribution in [-0.4, -0.2) is 30.6 Å². The third kappa shape index (κ3) is 9.57. The van der Waals surface area contributed by atoms with Gasteiger partial charge in [-0.3, -0.25) is 4.99 Å². The predicted octanol–water partition coefficient (Wildman–Crippen LogP) is 2.59. The lowest BCUT2D eigenvalue weighted by atomic mass is 10.2. The van der Waals surface area contributed by atoms with Crippen LogP contribution in [0.1, 0.15) is 38.5 Å². The molecule has 1 aliphatic carbocycles. The largest absolute Gasteiger partial charge is 0.370 e. The first kappa shape index (κ1) is 16.4. The van der Waals surface area contributed by atoms with E-state index in [2.05, 4.69) is 16.6 Å². The zero-order valence-electron chi connectivity index (χ0n) is 10.1. The van der Waals surface area contributed by atoms with Crippen molar-refractivity contribution in [1.29, 1.82) is 0 Å². The molecule has 0 unspecified atom stereocenters. The molecule has 0 aromatic carbocycles. The van der Waals surface area contributed by atoms with Crippen LogP contribution in [0.2, 0.25) is 0 Å². The number of nitrogens with zero attached hydrogens (tertiary/aromatic N) is 1. The van der Waals surface area contributed by atoms with Crippen molar-refractivity contribution >= 4 is 41.7 Å². The van der Waals surface area contributed by atoms with Gasteiger partial charge in [-0.15, -0.1) is 24.0 Å². The fourth-order valence-corrected chi connectivity index (χ4v) is 1.89. The second kappa shape index (κ2) is 10.5. The minimum Gasteiger partial charge on any atom is -0.370 e. The zero-order chi connectivity index (χ0) is 10.9. The average Bonchev–Trinajstić information content (AvgIpc) is 3.00. The Morgan fingerprint density at radius 3 is 2.62 bits per heavy atom. The van der Waals surface area contributed by atoms with E-state index in [1.54, 1.807) is 0 Å². The number of halogens is 1. The molecular weight excluding hydrogens is 333 g/mol. The normalized spacial score (nSPS) is 15.7. The average molecular weight is 357 g/mol. The van der Waals surface area contributed by atoms with Gasteiger partial charge in [-0.2, -0.15) is 11.8 Å². The molecule has 16 heavy (non-hydrogen) atoms. The van der Waals surface area contributed by atoms with Crippen LogP contribution in [0.3, 0.4) is 0 Å². The lowest BCUT2D eigenvalue weighted by Crippen LogP contribution is -2.33. The Bertz CT molecular complexity index is 196. The summed E-state index contributed by atoms with van der Waals surface area (Å²) in [5, 5.41) is 3.19. The molecular formula is C11H24IN3S. The predicted molar refractivity (Wildman–Crippen MR) is 84.9 cm³/mol. The van der Waals surface area contributed by atoms with Gasteiger partial charge in [0.1, 0.15) is 0 Å². The van der Waals surface area contributed by atoms with Crippen molar-refractivity contribution in [2.24, 2.45) is 10.7 Å². The summed E-state index contributed by atoms with van der Waals surface area (Å²) in [5.41, 5.74) is 5.71. The van der Waals surface area contributed by atoms with E-state index in [9.17, 15) is 0 Å². The fraction of sp³-hybridized carbons (Fsp3) is 0.909. The highest BCUT2D eigenvalue weighted by Crippen LogP contribution is 2.17. The third-order valence-corrected chi connectivity index (χ3v) is 3.17. The van der Waals surface area contributed by atoms with Gasteiger partial charge in [-0.05, 0) is 37.7 Å². The number of hydrogen-bond acceptors (Lipinski definition) is 2. The Kier molecular flexibility index (Phi) is 10.7. The van der Waals surface area contributed by atoms with Crippen LogP contribution >= 0.6 is 35.7 Å². The van der Waals surface area contributed by atoms with Crippen LogP contribution in [-0.2, 0) is 0 Å².